The van der Waals surface area contributed by atoms with Crippen molar-refractivity contribution in [3.8, 4) is 0 Å². The SMILES string of the molecule is Cc1ccc([C@@H]2CCCN2c2cnc(C)c(Cl)n2)cc1.Cl. The molecule has 1 saturated heterocycles. The summed E-state index contributed by atoms with van der Waals surface area (Å²) in [5.41, 5.74) is 3.41. The van der Waals surface area contributed by atoms with Crippen molar-refractivity contribution in [3.63, 3.8) is 0 Å². The molecule has 0 spiro atoms. The molecule has 0 radical (unpaired) electrons. The highest BCUT2D eigenvalue weighted by molar-refractivity contribution is 6.30. The van der Waals surface area contributed by atoms with Crippen LogP contribution in [0, 0.1) is 13.8 Å². The minimum Gasteiger partial charge on any atom is -0.348 e. The quantitative estimate of drug-likeness (QED) is 0.814. The molecule has 2 heterocycles. The van der Waals surface area contributed by atoms with Gasteiger partial charge in [0.05, 0.1) is 17.9 Å². The second-order valence-electron chi connectivity index (χ2n) is 5.37. The minimum absolute atomic E-state index is 0. The summed E-state index contributed by atoms with van der Waals surface area (Å²) in [5, 5.41) is 0.497. The molecule has 3 rings (SSSR count). The predicted molar refractivity (Wildman–Crippen MR) is 89.5 cm³/mol. The van der Waals surface area contributed by atoms with Gasteiger partial charge in [0.2, 0.25) is 0 Å². The zero-order valence-corrected chi connectivity index (χ0v) is 13.8. The van der Waals surface area contributed by atoms with Gasteiger partial charge in [-0.2, -0.15) is 0 Å². The van der Waals surface area contributed by atoms with Crippen LogP contribution in [-0.4, -0.2) is 16.5 Å². The Kier molecular flexibility index (Phi) is 5.07. The van der Waals surface area contributed by atoms with Crippen molar-refractivity contribution < 1.29 is 0 Å². The maximum Gasteiger partial charge on any atom is 0.152 e. The first kappa shape index (κ1) is 16.1. The molecule has 0 saturated carbocycles. The summed E-state index contributed by atoms with van der Waals surface area (Å²) in [6.07, 6.45) is 4.15. The van der Waals surface area contributed by atoms with Crippen molar-refractivity contribution >= 4 is 29.8 Å². The Hall–Kier alpha value is -1.32. The van der Waals surface area contributed by atoms with Gasteiger partial charge in [-0.25, -0.2) is 4.98 Å². The van der Waals surface area contributed by atoms with E-state index in [1.54, 1.807) is 0 Å². The molecule has 3 nitrogen and oxygen atoms in total. The Morgan fingerprint density at radius 3 is 2.57 bits per heavy atom. The first-order valence-electron chi connectivity index (χ1n) is 6.97. The maximum absolute atomic E-state index is 6.11. The number of hydrogen-bond donors (Lipinski definition) is 0. The number of hydrogen-bond acceptors (Lipinski definition) is 3. The van der Waals surface area contributed by atoms with Crippen molar-refractivity contribution in [1.82, 2.24) is 9.97 Å². The van der Waals surface area contributed by atoms with Gasteiger partial charge in [0.25, 0.3) is 0 Å². The van der Waals surface area contributed by atoms with Crippen LogP contribution in [0.25, 0.3) is 0 Å². The van der Waals surface area contributed by atoms with E-state index >= 15 is 0 Å². The highest BCUT2D eigenvalue weighted by atomic mass is 35.5. The summed E-state index contributed by atoms with van der Waals surface area (Å²) < 4.78 is 0. The molecule has 1 atom stereocenters. The number of aryl methyl sites for hydroxylation is 2. The van der Waals surface area contributed by atoms with Gasteiger partial charge in [-0.1, -0.05) is 41.4 Å². The average molecular weight is 324 g/mol. The van der Waals surface area contributed by atoms with Crippen LogP contribution in [-0.2, 0) is 0 Å². The molecule has 1 aliphatic heterocycles. The first-order valence-corrected chi connectivity index (χ1v) is 7.35. The lowest BCUT2D eigenvalue weighted by atomic mass is 10.0. The van der Waals surface area contributed by atoms with Crippen LogP contribution in [0.2, 0.25) is 5.15 Å². The fraction of sp³-hybridized carbons (Fsp3) is 0.375. The molecule has 1 aliphatic rings. The Labute approximate surface area is 136 Å². The molecular formula is C16H19Cl2N3. The van der Waals surface area contributed by atoms with Crippen molar-refractivity contribution in [2.45, 2.75) is 32.7 Å². The van der Waals surface area contributed by atoms with E-state index in [4.69, 9.17) is 11.6 Å². The number of anilines is 1. The van der Waals surface area contributed by atoms with E-state index in [1.807, 2.05) is 13.1 Å². The number of rotatable bonds is 2. The van der Waals surface area contributed by atoms with Gasteiger partial charge in [0, 0.05) is 6.54 Å². The largest absolute Gasteiger partial charge is 0.348 e. The summed E-state index contributed by atoms with van der Waals surface area (Å²) in [4.78, 5) is 11.1. The Morgan fingerprint density at radius 1 is 1.19 bits per heavy atom. The van der Waals surface area contributed by atoms with E-state index in [2.05, 4.69) is 46.1 Å². The normalized spacial score (nSPS) is 17.7. The van der Waals surface area contributed by atoms with Gasteiger partial charge < -0.3 is 4.90 Å². The topological polar surface area (TPSA) is 29.0 Å². The monoisotopic (exact) mass is 323 g/mol. The third kappa shape index (κ3) is 3.30. The predicted octanol–water partition coefficient (Wildman–Crippen LogP) is 4.51. The number of nitrogens with zero attached hydrogens (tertiary/aromatic N) is 3. The van der Waals surface area contributed by atoms with Crippen LogP contribution in [0.3, 0.4) is 0 Å². The van der Waals surface area contributed by atoms with Crippen molar-refractivity contribution in [1.29, 1.82) is 0 Å². The third-order valence-corrected chi connectivity index (χ3v) is 4.25. The van der Waals surface area contributed by atoms with Crippen molar-refractivity contribution in [3.05, 3.63) is 52.4 Å². The summed E-state index contributed by atoms with van der Waals surface area (Å²) in [6, 6.07) is 9.13. The molecule has 1 aromatic heterocycles. The zero-order chi connectivity index (χ0) is 14.1. The summed E-state index contributed by atoms with van der Waals surface area (Å²) >= 11 is 6.11. The van der Waals surface area contributed by atoms with E-state index in [1.165, 1.54) is 17.5 Å². The van der Waals surface area contributed by atoms with Crippen LogP contribution in [0.1, 0.15) is 35.7 Å². The molecule has 1 aromatic carbocycles. The van der Waals surface area contributed by atoms with Gasteiger partial charge in [-0.15, -0.1) is 12.4 Å². The number of aromatic nitrogens is 2. The molecule has 21 heavy (non-hydrogen) atoms. The van der Waals surface area contributed by atoms with Crippen LogP contribution in [0.15, 0.2) is 30.5 Å². The molecule has 0 N–H and O–H groups in total. The molecule has 0 aliphatic carbocycles. The second kappa shape index (κ2) is 6.63. The van der Waals surface area contributed by atoms with E-state index in [9.17, 15) is 0 Å². The average Bonchev–Trinajstić information content (AvgIpc) is 2.92. The van der Waals surface area contributed by atoms with E-state index in [-0.39, 0.29) is 12.4 Å². The Balaban J connectivity index is 0.00000161. The lowest BCUT2D eigenvalue weighted by molar-refractivity contribution is 0.709. The van der Waals surface area contributed by atoms with Crippen LogP contribution in [0.5, 0.6) is 0 Å². The Bertz CT molecular complexity index is 613. The van der Waals surface area contributed by atoms with Crippen LogP contribution in [0.4, 0.5) is 5.82 Å². The molecule has 0 amide bonds. The van der Waals surface area contributed by atoms with Gasteiger partial charge in [-0.3, -0.25) is 4.98 Å². The second-order valence-corrected chi connectivity index (χ2v) is 5.72. The van der Waals surface area contributed by atoms with Gasteiger partial charge in [0.15, 0.2) is 5.15 Å². The summed E-state index contributed by atoms with van der Waals surface area (Å²) in [7, 11) is 0. The molecule has 5 heteroatoms. The lowest BCUT2D eigenvalue weighted by Crippen LogP contribution is -2.23. The van der Waals surface area contributed by atoms with Gasteiger partial charge in [-0.05, 0) is 32.3 Å². The van der Waals surface area contributed by atoms with Crippen molar-refractivity contribution in [2.75, 3.05) is 11.4 Å². The molecular weight excluding hydrogens is 305 g/mol. The fourth-order valence-electron chi connectivity index (χ4n) is 2.73. The number of benzene rings is 1. The first-order chi connectivity index (χ1) is 9.65. The smallest absolute Gasteiger partial charge is 0.152 e. The van der Waals surface area contributed by atoms with E-state index in [0.717, 1.165) is 24.5 Å². The van der Waals surface area contributed by atoms with Crippen molar-refractivity contribution in [2.24, 2.45) is 0 Å². The van der Waals surface area contributed by atoms with Gasteiger partial charge >= 0.3 is 0 Å². The number of halogens is 2. The van der Waals surface area contributed by atoms with Crippen LogP contribution >= 0.6 is 24.0 Å². The summed E-state index contributed by atoms with van der Waals surface area (Å²) in [5.74, 6) is 0.878. The molecule has 1 fully saturated rings. The standard InChI is InChI=1S/C16H18ClN3.ClH/c1-11-5-7-13(8-6-11)14-4-3-9-20(14)15-10-18-12(2)16(17)19-15;/h5-8,10,14H,3-4,9H2,1-2H3;1H/t14-;/m0./s1. The molecule has 2 aromatic rings. The molecule has 112 valence electrons. The van der Waals surface area contributed by atoms with Crippen LogP contribution < -0.4 is 4.90 Å². The molecule has 0 bridgehead atoms. The highest BCUT2D eigenvalue weighted by Crippen LogP contribution is 2.35. The minimum atomic E-state index is 0. The summed E-state index contributed by atoms with van der Waals surface area (Å²) in [6.45, 7) is 4.99. The highest BCUT2D eigenvalue weighted by Gasteiger charge is 2.27. The van der Waals surface area contributed by atoms with E-state index < -0.39 is 0 Å². The lowest BCUT2D eigenvalue weighted by Gasteiger charge is -2.26. The third-order valence-electron chi connectivity index (χ3n) is 3.89. The molecule has 0 unspecified atom stereocenters. The van der Waals surface area contributed by atoms with Gasteiger partial charge in [0.1, 0.15) is 5.82 Å². The fourth-order valence-corrected chi connectivity index (χ4v) is 2.87. The zero-order valence-electron chi connectivity index (χ0n) is 12.2. The van der Waals surface area contributed by atoms with E-state index in [0.29, 0.717) is 11.2 Å². The maximum atomic E-state index is 6.11. The Morgan fingerprint density at radius 2 is 1.90 bits per heavy atom.